The van der Waals surface area contributed by atoms with Crippen LogP contribution in [0.2, 0.25) is 0 Å². The van der Waals surface area contributed by atoms with E-state index in [4.69, 9.17) is 11.6 Å². The van der Waals surface area contributed by atoms with Crippen LogP contribution in [0.4, 0.5) is 0 Å². The quantitative estimate of drug-likeness (QED) is 0.471. The van der Waals surface area contributed by atoms with Crippen LogP contribution in [0.1, 0.15) is 0 Å². The van der Waals surface area contributed by atoms with Crippen molar-refractivity contribution in [2.75, 3.05) is 7.05 Å². The fourth-order valence-electron chi connectivity index (χ4n) is 0.302. The first-order valence-corrected chi connectivity index (χ1v) is 3.01. The van der Waals surface area contributed by atoms with Gasteiger partial charge in [-0.25, -0.2) is 0 Å². The van der Waals surface area contributed by atoms with E-state index in [1.807, 2.05) is 6.08 Å². The Morgan fingerprint density at radius 2 is 2.22 bits per heavy atom. The number of halogens is 1. The SMILES string of the molecule is C=C/C=C\C=C(\Cl)NC. The Bertz CT molecular complexity index is 136. The predicted octanol–water partition coefficient (Wildman–Crippen LogP) is 2.03. The molecule has 0 amide bonds. The first-order chi connectivity index (χ1) is 4.31. The third kappa shape index (κ3) is 5.18. The lowest BCUT2D eigenvalue weighted by Crippen LogP contribution is -1.97. The molecule has 1 N–H and O–H groups in total. The van der Waals surface area contributed by atoms with Crippen molar-refractivity contribution in [3.8, 4) is 0 Å². The molecular weight excluding hydrogens is 134 g/mol. The average molecular weight is 144 g/mol. The van der Waals surface area contributed by atoms with Crippen LogP contribution in [0, 0.1) is 0 Å². The molecule has 0 spiro atoms. The molecule has 0 fully saturated rings. The molecule has 0 aliphatic rings. The van der Waals surface area contributed by atoms with Crippen molar-refractivity contribution >= 4 is 11.6 Å². The van der Waals surface area contributed by atoms with Gasteiger partial charge in [0.15, 0.2) is 0 Å². The van der Waals surface area contributed by atoms with Crippen LogP contribution in [0.5, 0.6) is 0 Å². The van der Waals surface area contributed by atoms with E-state index in [0.29, 0.717) is 5.16 Å². The Hall–Kier alpha value is -0.690. The highest BCUT2D eigenvalue weighted by Crippen LogP contribution is 1.93. The van der Waals surface area contributed by atoms with E-state index in [0.717, 1.165) is 0 Å². The van der Waals surface area contributed by atoms with Gasteiger partial charge in [-0.3, -0.25) is 0 Å². The summed E-state index contributed by atoms with van der Waals surface area (Å²) in [5.74, 6) is 0. The zero-order chi connectivity index (χ0) is 7.11. The topological polar surface area (TPSA) is 12.0 Å². The largest absolute Gasteiger partial charge is 0.379 e. The summed E-state index contributed by atoms with van der Waals surface area (Å²) in [6, 6.07) is 0. The molecule has 0 radical (unpaired) electrons. The number of hydrogen-bond acceptors (Lipinski definition) is 1. The maximum atomic E-state index is 5.57. The van der Waals surface area contributed by atoms with E-state index in [1.165, 1.54) is 0 Å². The smallest absolute Gasteiger partial charge is 0.101 e. The summed E-state index contributed by atoms with van der Waals surface area (Å²) < 4.78 is 0. The lowest BCUT2D eigenvalue weighted by Gasteiger charge is -1.89. The highest BCUT2D eigenvalue weighted by atomic mass is 35.5. The van der Waals surface area contributed by atoms with E-state index < -0.39 is 0 Å². The van der Waals surface area contributed by atoms with Crippen LogP contribution in [-0.2, 0) is 0 Å². The molecule has 50 valence electrons. The lowest BCUT2D eigenvalue weighted by molar-refractivity contribution is 1.07. The molecule has 0 aliphatic heterocycles. The van der Waals surface area contributed by atoms with Gasteiger partial charge in [0, 0.05) is 7.05 Å². The average Bonchev–Trinajstić information content (AvgIpc) is 1.89. The van der Waals surface area contributed by atoms with Gasteiger partial charge in [-0.2, -0.15) is 0 Å². The third-order valence-electron chi connectivity index (χ3n) is 0.729. The lowest BCUT2D eigenvalue weighted by atomic mass is 10.5. The Balaban J connectivity index is 3.67. The normalized spacial score (nSPS) is 12.0. The summed E-state index contributed by atoms with van der Waals surface area (Å²) >= 11 is 5.57. The molecule has 0 aliphatic carbocycles. The van der Waals surface area contributed by atoms with Crippen molar-refractivity contribution in [1.29, 1.82) is 0 Å². The molecule has 9 heavy (non-hydrogen) atoms. The minimum absolute atomic E-state index is 0.619. The summed E-state index contributed by atoms with van der Waals surface area (Å²) in [6.07, 6.45) is 7.06. The number of hydrogen-bond donors (Lipinski definition) is 1. The number of nitrogens with one attached hydrogen (secondary N) is 1. The van der Waals surface area contributed by atoms with E-state index in [9.17, 15) is 0 Å². The molecule has 1 nitrogen and oxygen atoms in total. The summed E-state index contributed by atoms with van der Waals surface area (Å²) in [5.41, 5.74) is 0. The monoisotopic (exact) mass is 143 g/mol. The van der Waals surface area contributed by atoms with Crippen LogP contribution in [0.25, 0.3) is 0 Å². The Kier molecular flexibility index (Phi) is 5.03. The Morgan fingerprint density at radius 1 is 1.56 bits per heavy atom. The zero-order valence-electron chi connectivity index (χ0n) is 5.39. The van der Waals surface area contributed by atoms with Crippen molar-refractivity contribution in [3.63, 3.8) is 0 Å². The van der Waals surface area contributed by atoms with Gasteiger partial charge in [-0.1, -0.05) is 36.4 Å². The van der Waals surface area contributed by atoms with E-state index in [1.54, 1.807) is 25.3 Å². The second-order valence-corrected chi connectivity index (χ2v) is 1.79. The summed E-state index contributed by atoms with van der Waals surface area (Å²) in [7, 11) is 1.76. The van der Waals surface area contributed by atoms with Gasteiger partial charge in [0.25, 0.3) is 0 Å². The summed E-state index contributed by atoms with van der Waals surface area (Å²) in [4.78, 5) is 0. The van der Waals surface area contributed by atoms with Crippen LogP contribution < -0.4 is 5.32 Å². The van der Waals surface area contributed by atoms with E-state index in [2.05, 4.69) is 11.9 Å². The van der Waals surface area contributed by atoms with Crippen LogP contribution in [0.3, 0.4) is 0 Å². The molecule has 0 saturated carbocycles. The minimum atomic E-state index is 0.619. The van der Waals surface area contributed by atoms with Crippen molar-refractivity contribution in [3.05, 3.63) is 36.0 Å². The first-order valence-electron chi connectivity index (χ1n) is 2.64. The Labute approximate surface area is 60.7 Å². The molecule has 0 rings (SSSR count). The minimum Gasteiger partial charge on any atom is -0.379 e. The fourth-order valence-corrected chi connectivity index (χ4v) is 0.375. The third-order valence-corrected chi connectivity index (χ3v) is 1.04. The first kappa shape index (κ1) is 8.31. The van der Waals surface area contributed by atoms with Crippen molar-refractivity contribution < 1.29 is 0 Å². The molecule has 0 atom stereocenters. The van der Waals surface area contributed by atoms with E-state index in [-0.39, 0.29) is 0 Å². The Morgan fingerprint density at radius 3 is 2.67 bits per heavy atom. The van der Waals surface area contributed by atoms with Crippen LogP contribution in [-0.4, -0.2) is 7.05 Å². The number of rotatable bonds is 3. The van der Waals surface area contributed by atoms with Crippen molar-refractivity contribution in [2.24, 2.45) is 0 Å². The molecule has 0 aromatic rings. The van der Waals surface area contributed by atoms with E-state index >= 15 is 0 Å². The van der Waals surface area contributed by atoms with Crippen LogP contribution in [0.15, 0.2) is 36.0 Å². The van der Waals surface area contributed by atoms with Gasteiger partial charge in [0.05, 0.1) is 0 Å². The van der Waals surface area contributed by atoms with Gasteiger partial charge in [0.1, 0.15) is 5.16 Å². The molecule has 2 heteroatoms. The molecular formula is C7H10ClN. The van der Waals surface area contributed by atoms with Crippen LogP contribution >= 0.6 is 11.6 Å². The molecule has 0 aromatic heterocycles. The van der Waals surface area contributed by atoms with Crippen molar-refractivity contribution in [1.82, 2.24) is 5.32 Å². The standard InChI is InChI=1S/C7H10ClN/c1-3-4-5-6-7(8)9-2/h3-6,9H,1H2,2H3/b5-4-,7-6-. The molecule has 0 heterocycles. The van der Waals surface area contributed by atoms with Gasteiger partial charge in [0.2, 0.25) is 0 Å². The maximum Gasteiger partial charge on any atom is 0.101 e. The zero-order valence-corrected chi connectivity index (χ0v) is 6.15. The highest BCUT2D eigenvalue weighted by Gasteiger charge is 1.76. The second-order valence-electron chi connectivity index (χ2n) is 1.39. The van der Waals surface area contributed by atoms with Crippen molar-refractivity contribution in [2.45, 2.75) is 0 Å². The number of allylic oxidation sites excluding steroid dienone is 4. The second kappa shape index (κ2) is 5.45. The maximum absolute atomic E-state index is 5.57. The summed E-state index contributed by atoms with van der Waals surface area (Å²) in [5, 5.41) is 3.38. The van der Waals surface area contributed by atoms with Gasteiger partial charge in [-0.05, 0) is 6.08 Å². The fraction of sp³-hybridized carbons (Fsp3) is 0.143. The molecule has 0 saturated heterocycles. The predicted molar refractivity (Wildman–Crippen MR) is 42.3 cm³/mol. The van der Waals surface area contributed by atoms with Gasteiger partial charge in [-0.15, -0.1) is 0 Å². The molecule has 0 unspecified atom stereocenters. The molecule has 0 bridgehead atoms. The van der Waals surface area contributed by atoms with Gasteiger partial charge >= 0.3 is 0 Å². The van der Waals surface area contributed by atoms with Gasteiger partial charge < -0.3 is 5.32 Å². The summed E-state index contributed by atoms with van der Waals surface area (Å²) in [6.45, 7) is 3.50. The molecule has 0 aromatic carbocycles. The highest BCUT2D eigenvalue weighted by molar-refractivity contribution is 6.29.